The Kier molecular flexibility index (Phi) is 4.46. The van der Waals surface area contributed by atoms with E-state index in [2.05, 4.69) is 15.0 Å². The van der Waals surface area contributed by atoms with Gasteiger partial charge in [-0.1, -0.05) is 18.2 Å². The van der Waals surface area contributed by atoms with E-state index >= 15 is 0 Å². The van der Waals surface area contributed by atoms with Gasteiger partial charge in [0.15, 0.2) is 0 Å². The van der Waals surface area contributed by atoms with Crippen molar-refractivity contribution in [3.05, 3.63) is 60.2 Å². The minimum absolute atomic E-state index is 0.139. The maximum atomic E-state index is 12.7. The highest BCUT2D eigenvalue weighted by atomic mass is 16.2. The Morgan fingerprint density at radius 1 is 1.20 bits per heavy atom. The Morgan fingerprint density at radius 2 is 2.08 bits per heavy atom. The van der Waals surface area contributed by atoms with Crippen LogP contribution >= 0.6 is 0 Å². The van der Waals surface area contributed by atoms with E-state index in [4.69, 9.17) is 0 Å². The number of benzene rings is 1. The van der Waals surface area contributed by atoms with Gasteiger partial charge in [-0.15, -0.1) is 0 Å². The van der Waals surface area contributed by atoms with Crippen LogP contribution in [0.15, 0.2) is 48.7 Å². The van der Waals surface area contributed by atoms with Gasteiger partial charge in [-0.05, 0) is 43.5 Å². The largest absolute Gasteiger partial charge is 0.342 e. The quantitative estimate of drug-likeness (QED) is 0.775. The molecule has 5 heteroatoms. The summed E-state index contributed by atoms with van der Waals surface area (Å²) in [5.74, 6) is 1.18. The average molecular weight is 334 g/mol. The molecule has 1 atom stereocenters. The zero-order valence-electron chi connectivity index (χ0n) is 14.2. The van der Waals surface area contributed by atoms with Crippen LogP contribution in [0.2, 0.25) is 0 Å². The SMILES string of the molecule is O=C(CCCc1nc2ccccc2[nH]1)N1CCC[C@H]1c1ccccn1. The van der Waals surface area contributed by atoms with Crippen molar-refractivity contribution in [3.63, 3.8) is 0 Å². The van der Waals surface area contributed by atoms with Crippen molar-refractivity contribution >= 4 is 16.9 Å². The van der Waals surface area contributed by atoms with Crippen LogP contribution in [-0.2, 0) is 11.2 Å². The average Bonchev–Trinajstić information content (AvgIpc) is 3.29. The van der Waals surface area contributed by atoms with Crippen molar-refractivity contribution in [3.8, 4) is 0 Å². The van der Waals surface area contributed by atoms with Crippen LogP contribution in [-0.4, -0.2) is 32.3 Å². The lowest BCUT2D eigenvalue weighted by molar-refractivity contribution is -0.132. The maximum absolute atomic E-state index is 12.7. The summed E-state index contributed by atoms with van der Waals surface area (Å²) in [4.78, 5) is 27.0. The summed E-state index contributed by atoms with van der Waals surface area (Å²) in [5, 5.41) is 0. The number of nitrogens with one attached hydrogen (secondary N) is 1. The molecule has 0 radical (unpaired) electrons. The number of pyridine rings is 1. The molecule has 1 amide bonds. The first kappa shape index (κ1) is 15.8. The number of aromatic nitrogens is 3. The van der Waals surface area contributed by atoms with Crippen molar-refractivity contribution in [2.75, 3.05) is 6.54 Å². The number of aromatic amines is 1. The van der Waals surface area contributed by atoms with Crippen molar-refractivity contribution in [1.29, 1.82) is 0 Å². The third kappa shape index (κ3) is 3.40. The molecule has 0 saturated carbocycles. The number of hydrogen-bond acceptors (Lipinski definition) is 3. The highest BCUT2D eigenvalue weighted by Crippen LogP contribution is 2.31. The molecule has 1 aromatic carbocycles. The van der Waals surface area contributed by atoms with Gasteiger partial charge < -0.3 is 9.88 Å². The van der Waals surface area contributed by atoms with Gasteiger partial charge in [0.25, 0.3) is 0 Å². The summed E-state index contributed by atoms with van der Waals surface area (Å²) in [6.45, 7) is 0.838. The highest BCUT2D eigenvalue weighted by Gasteiger charge is 2.30. The van der Waals surface area contributed by atoms with Gasteiger partial charge in [0, 0.05) is 25.6 Å². The maximum Gasteiger partial charge on any atom is 0.223 e. The second-order valence-electron chi connectivity index (χ2n) is 6.55. The molecule has 128 valence electrons. The molecule has 1 aliphatic heterocycles. The molecular formula is C20H22N4O. The second kappa shape index (κ2) is 7.05. The molecule has 3 heterocycles. The lowest BCUT2D eigenvalue weighted by Gasteiger charge is -2.24. The minimum atomic E-state index is 0.139. The van der Waals surface area contributed by atoms with Crippen LogP contribution in [0.5, 0.6) is 0 Å². The Hall–Kier alpha value is -2.69. The fraction of sp³-hybridized carbons (Fsp3) is 0.350. The first-order valence-electron chi connectivity index (χ1n) is 8.95. The van der Waals surface area contributed by atoms with Crippen LogP contribution in [0.3, 0.4) is 0 Å². The molecule has 4 rings (SSSR count). The Bertz CT molecular complexity index is 825. The smallest absolute Gasteiger partial charge is 0.223 e. The van der Waals surface area contributed by atoms with E-state index in [1.165, 1.54) is 0 Å². The monoisotopic (exact) mass is 334 g/mol. The third-order valence-electron chi connectivity index (χ3n) is 4.84. The number of likely N-dealkylation sites (tertiary alicyclic amines) is 1. The lowest BCUT2D eigenvalue weighted by Crippen LogP contribution is -2.30. The number of carbonyl (C=O) groups excluding carboxylic acids is 1. The van der Waals surface area contributed by atoms with Gasteiger partial charge >= 0.3 is 0 Å². The van der Waals surface area contributed by atoms with Crippen molar-refractivity contribution < 1.29 is 4.79 Å². The van der Waals surface area contributed by atoms with E-state index in [-0.39, 0.29) is 11.9 Å². The van der Waals surface area contributed by atoms with Gasteiger partial charge in [-0.25, -0.2) is 4.98 Å². The predicted octanol–water partition coefficient (Wildman–Crippen LogP) is 3.64. The molecular weight excluding hydrogens is 312 g/mol. The fourth-order valence-corrected chi connectivity index (χ4v) is 3.62. The number of nitrogens with zero attached hydrogens (tertiary/aromatic N) is 3. The number of rotatable bonds is 5. The van der Waals surface area contributed by atoms with Crippen LogP contribution in [0.25, 0.3) is 11.0 Å². The lowest BCUT2D eigenvalue weighted by atomic mass is 10.1. The summed E-state index contributed by atoms with van der Waals surface area (Å²) in [6, 6.07) is 14.1. The number of carbonyl (C=O) groups is 1. The standard InChI is InChI=1S/C20H22N4O/c25-20(24-14-6-10-18(24)17-9-3-4-13-21-17)12-5-11-19-22-15-7-1-2-8-16(15)23-19/h1-4,7-9,13,18H,5-6,10-12,14H2,(H,22,23)/t18-/m0/s1. The molecule has 0 aliphatic carbocycles. The highest BCUT2D eigenvalue weighted by molar-refractivity contribution is 5.77. The Labute approximate surface area is 147 Å². The van der Waals surface area contributed by atoms with E-state index in [0.717, 1.165) is 54.8 Å². The van der Waals surface area contributed by atoms with E-state index < -0.39 is 0 Å². The summed E-state index contributed by atoms with van der Waals surface area (Å²) in [5.41, 5.74) is 3.04. The van der Waals surface area contributed by atoms with Gasteiger partial charge in [0.1, 0.15) is 5.82 Å². The van der Waals surface area contributed by atoms with Crippen LogP contribution in [0.1, 0.15) is 43.2 Å². The van der Waals surface area contributed by atoms with Crippen molar-refractivity contribution in [2.45, 2.75) is 38.1 Å². The first-order valence-corrected chi connectivity index (χ1v) is 8.95. The van der Waals surface area contributed by atoms with Crippen LogP contribution in [0, 0.1) is 0 Å². The number of amides is 1. The van der Waals surface area contributed by atoms with Crippen molar-refractivity contribution in [2.24, 2.45) is 0 Å². The molecule has 0 unspecified atom stereocenters. The molecule has 1 N–H and O–H groups in total. The van der Waals surface area contributed by atoms with Gasteiger partial charge in [-0.3, -0.25) is 9.78 Å². The topological polar surface area (TPSA) is 61.9 Å². The van der Waals surface area contributed by atoms with Crippen molar-refractivity contribution in [1.82, 2.24) is 19.9 Å². The Morgan fingerprint density at radius 3 is 2.92 bits per heavy atom. The number of H-pyrrole nitrogens is 1. The van der Waals surface area contributed by atoms with E-state index in [0.29, 0.717) is 6.42 Å². The number of hydrogen-bond donors (Lipinski definition) is 1. The van der Waals surface area contributed by atoms with E-state index in [1.54, 1.807) is 6.20 Å². The van der Waals surface area contributed by atoms with Gasteiger partial charge in [0.05, 0.1) is 22.8 Å². The Balaban J connectivity index is 1.35. The molecule has 5 nitrogen and oxygen atoms in total. The zero-order valence-corrected chi connectivity index (χ0v) is 14.2. The van der Waals surface area contributed by atoms with E-state index in [1.807, 2.05) is 47.4 Å². The molecule has 1 fully saturated rings. The van der Waals surface area contributed by atoms with Crippen LogP contribution < -0.4 is 0 Å². The molecule has 25 heavy (non-hydrogen) atoms. The number of para-hydroxylation sites is 2. The number of imidazole rings is 1. The van der Waals surface area contributed by atoms with Gasteiger partial charge in [0.2, 0.25) is 5.91 Å². The fourth-order valence-electron chi connectivity index (χ4n) is 3.62. The summed E-state index contributed by atoms with van der Waals surface area (Å²) < 4.78 is 0. The minimum Gasteiger partial charge on any atom is -0.342 e. The molecule has 0 spiro atoms. The normalized spacial score (nSPS) is 17.3. The zero-order chi connectivity index (χ0) is 17.1. The number of fused-ring (bicyclic) bond motifs is 1. The first-order chi connectivity index (χ1) is 12.3. The molecule has 2 aromatic heterocycles. The molecule has 1 aliphatic rings. The predicted molar refractivity (Wildman–Crippen MR) is 97.0 cm³/mol. The molecule has 1 saturated heterocycles. The second-order valence-corrected chi connectivity index (χ2v) is 6.55. The molecule has 3 aromatic rings. The van der Waals surface area contributed by atoms with E-state index in [9.17, 15) is 4.79 Å². The number of aryl methyl sites for hydroxylation is 1. The summed E-state index contributed by atoms with van der Waals surface area (Å²) in [6.07, 6.45) is 6.02. The molecule has 0 bridgehead atoms. The summed E-state index contributed by atoms with van der Waals surface area (Å²) >= 11 is 0. The third-order valence-corrected chi connectivity index (χ3v) is 4.84. The summed E-state index contributed by atoms with van der Waals surface area (Å²) in [7, 11) is 0. The van der Waals surface area contributed by atoms with Crippen LogP contribution in [0.4, 0.5) is 0 Å². The van der Waals surface area contributed by atoms with Gasteiger partial charge in [-0.2, -0.15) is 0 Å².